The van der Waals surface area contributed by atoms with Crippen molar-refractivity contribution in [3.05, 3.63) is 89.5 Å². The molecule has 0 unspecified atom stereocenters. The number of aromatic nitrogens is 1. The lowest BCUT2D eigenvalue weighted by molar-refractivity contribution is 0.590. The Morgan fingerprint density at radius 2 is 1.18 bits per heavy atom. The highest BCUT2D eigenvalue weighted by atomic mass is 15.0. The maximum atomic E-state index is 9.88. The fraction of sp³-hybridized carbons (Fsp3) is 0.258. The van der Waals surface area contributed by atoms with E-state index in [9.17, 15) is 5.26 Å². The molecule has 0 bridgehead atoms. The quantitative estimate of drug-likeness (QED) is 0.262. The van der Waals surface area contributed by atoms with Crippen molar-refractivity contribution in [3.63, 3.8) is 0 Å². The molecule has 0 fully saturated rings. The van der Waals surface area contributed by atoms with E-state index in [1.165, 1.54) is 32.9 Å². The standard InChI is InChI=1S/C31H30N2/c1-30(2,3)22-13-15-26-24(17-22)25-18-23(31(4,5)6)14-16-27(25)33(26)28-12-8-10-20-9-7-11-21(19-32)29(20)28/h7-18H,1-6H3. The molecule has 0 radical (unpaired) electrons. The van der Waals surface area contributed by atoms with Crippen molar-refractivity contribution in [3.8, 4) is 11.8 Å². The zero-order valence-electron chi connectivity index (χ0n) is 20.3. The zero-order valence-corrected chi connectivity index (χ0v) is 20.3. The molecule has 0 N–H and O–H groups in total. The van der Waals surface area contributed by atoms with Gasteiger partial charge >= 0.3 is 0 Å². The first kappa shape index (κ1) is 21.3. The lowest BCUT2D eigenvalue weighted by Gasteiger charge is -2.19. The summed E-state index contributed by atoms with van der Waals surface area (Å²) in [6.45, 7) is 13.6. The highest BCUT2D eigenvalue weighted by Crippen LogP contribution is 2.39. The summed E-state index contributed by atoms with van der Waals surface area (Å²) in [7, 11) is 0. The van der Waals surface area contributed by atoms with E-state index in [-0.39, 0.29) is 10.8 Å². The van der Waals surface area contributed by atoms with Crippen molar-refractivity contribution in [2.24, 2.45) is 0 Å². The summed E-state index contributed by atoms with van der Waals surface area (Å²) >= 11 is 0. The molecule has 2 heteroatoms. The third-order valence-electron chi connectivity index (χ3n) is 6.74. The Hall–Kier alpha value is -3.57. The van der Waals surface area contributed by atoms with Gasteiger partial charge in [-0.05, 0) is 63.7 Å². The minimum absolute atomic E-state index is 0.0671. The molecule has 0 atom stereocenters. The van der Waals surface area contributed by atoms with Gasteiger partial charge in [-0.3, -0.25) is 0 Å². The number of hydrogen-bond donors (Lipinski definition) is 0. The number of rotatable bonds is 1. The highest BCUT2D eigenvalue weighted by Gasteiger charge is 2.21. The van der Waals surface area contributed by atoms with Crippen LogP contribution in [0.2, 0.25) is 0 Å². The fourth-order valence-electron chi connectivity index (χ4n) is 4.82. The predicted molar refractivity (Wildman–Crippen MR) is 140 cm³/mol. The molecule has 2 nitrogen and oxygen atoms in total. The third kappa shape index (κ3) is 3.40. The number of fused-ring (bicyclic) bond motifs is 4. The lowest BCUT2D eigenvalue weighted by Crippen LogP contribution is -2.10. The van der Waals surface area contributed by atoms with Crippen molar-refractivity contribution in [1.82, 2.24) is 4.57 Å². The maximum absolute atomic E-state index is 9.88. The van der Waals surface area contributed by atoms with Crippen molar-refractivity contribution < 1.29 is 0 Å². The summed E-state index contributed by atoms with van der Waals surface area (Å²) in [5.41, 5.74) is 6.88. The molecule has 0 aliphatic rings. The first-order valence-electron chi connectivity index (χ1n) is 11.6. The topological polar surface area (TPSA) is 28.7 Å². The predicted octanol–water partition coefficient (Wildman–Crippen LogP) is 8.40. The van der Waals surface area contributed by atoms with Gasteiger partial charge in [0.1, 0.15) is 0 Å². The highest BCUT2D eigenvalue weighted by molar-refractivity contribution is 6.11. The van der Waals surface area contributed by atoms with Crippen LogP contribution in [0.4, 0.5) is 0 Å². The van der Waals surface area contributed by atoms with Crippen LogP contribution in [0.5, 0.6) is 0 Å². The van der Waals surface area contributed by atoms with E-state index >= 15 is 0 Å². The molecule has 0 saturated carbocycles. The molecular formula is C31H30N2. The van der Waals surface area contributed by atoms with Crippen LogP contribution in [0.15, 0.2) is 72.8 Å². The summed E-state index contributed by atoms with van der Waals surface area (Å²) in [5, 5.41) is 14.5. The minimum atomic E-state index is 0.0671. The van der Waals surface area contributed by atoms with E-state index in [4.69, 9.17) is 0 Å². The van der Waals surface area contributed by atoms with E-state index in [1.807, 2.05) is 12.1 Å². The van der Waals surface area contributed by atoms with E-state index in [0.717, 1.165) is 16.5 Å². The molecule has 164 valence electrons. The van der Waals surface area contributed by atoms with Crippen LogP contribution in [0.3, 0.4) is 0 Å². The van der Waals surface area contributed by atoms with E-state index < -0.39 is 0 Å². The lowest BCUT2D eigenvalue weighted by atomic mass is 9.85. The smallest absolute Gasteiger partial charge is 0.0998 e. The van der Waals surface area contributed by atoms with E-state index in [0.29, 0.717) is 5.56 Å². The zero-order chi connectivity index (χ0) is 23.5. The average Bonchev–Trinajstić information content (AvgIpc) is 3.10. The van der Waals surface area contributed by atoms with Gasteiger partial charge in [-0.2, -0.15) is 5.26 Å². The van der Waals surface area contributed by atoms with Crippen LogP contribution in [0.25, 0.3) is 38.3 Å². The molecule has 0 aliphatic heterocycles. The van der Waals surface area contributed by atoms with Gasteiger partial charge in [0, 0.05) is 16.2 Å². The Bertz CT molecular complexity index is 1500. The van der Waals surface area contributed by atoms with Gasteiger partial charge in [-0.1, -0.05) is 77.9 Å². The molecule has 1 aromatic heterocycles. The molecule has 0 spiro atoms. The van der Waals surface area contributed by atoms with Gasteiger partial charge in [0.15, 0.2) is 0 Å². The molecule has 5 rings (SSSR count). The number of hydrogen-bond acceptors (Lipinski definition) is 1. The second-order valence-corrected chi connectivity index (χ2v) is 11.1. The first-order valence-corrected chi connectivity index (χ1v) is 11.6. The monoisotopic (exact) mass is 430 g/mol. The Kier molecular flexibility index (Phi) is 4.66. The summed E-state index contributed by atoms with van der Waals surface area (Å²) < 4.78 is 2.34. The number of nitriles is 1. The van der Waals surface area contributed by atoms with Gasteiger partial charge < -0.3 is 4.57 Å². The molecule has 33 heavy (non-hydrogen) atoms. The van der Waals surface area contributed by atoms with Crippen molar-refractivity contribution >= 4 is 32.6 Å². The van der Waals surface area contributed by atoms with Crippen molar-refractivity contribution in [2.75, 3.05) is 0 Å². The Morgan fingerprint density at radius 3 is 1.67 bits per heavy atom. The largest absolute Gasteiger partial charge is 0.309 e. The molecule has 4 aromatic carbocycles. The SMILES string of the molecule is CC(C)(C)c1ccc2c(c1)c1cc(C(C)(C)C)ccc1n2-c1cccc2cccc(C#N)c12. The van der Waals surface area contributed by atoms with Crippen LogP contribution in [0, 0.1) is 11.3 Å². The Morgan fingerprint density at radius 1 is 0.667 bits per heavy atom. The second-order valence-electron chi connectivity index (χ2n) is 11.1. The molecule has 1 heterocycles. The third-order valence-corrected chi connectivity index (χ3v) is 6.74. The number of benzene rings is 4. The Balaban J connectivity index is 1.97. The van der Waals surface area contributed by atoms with Crippen LogP contribution in [-0.4, -0.2) is 4.57 Å². The van der Waals surface area contributed by atoms with Crippen molar-refractivity contribution in [1.29, 1.82) is 5.26 Å². The van der Waals surface area contributed by atoms with Crippen LogP contribution < -0.4 is 0 Å². The number of nitrogens with zero attached hydrogens (tertiary/aromatic N) is 2. The van der Waals surface area contributed by atoms with Gasteiger partial charge in [0.25, 0.3) is 0 Å². The van der Waals surface area contributed by atoms with Gasteiger partial charge in [0.2, 0.25) is 0 Å². The van der Waals surface area contributed by atoms with Crippen LogP contribution in [0.1, 0.15) is 58.2 Å². The molecule has 0 amide bonds. The molecule has 5 aromatic rings. The average molecular weight is 431 g/mol. The summed E-state index contributed by atoms with van der Waals surface area (Å²) in [6, 6.07) is 28.4. The minimum Gasteiger partial charge on any atom is -0.309 e. The molecule has 0 saturated heterocycles. The molecule has 0 aliphatic carbocycles. The summed E-state index contributed by atoms with van der Waals surface area (Å²) in [5.74, 6) is 0. The Labute approximate surface area is 196 Å². The first-order chi connectivity index (χ1) is 15.6. The van der Waals surface area contributed by atoms with Crippen LogP contribution >= 0.6 is 0 Å². The maximum Gasteiger partial charge on any atom is 0.0998 e. The fourth-order valence-corrected chi connectivity index (χ4v) is 4.82. The van der Waals surface area contributed by atoms with Gasteiger partial charge in [0.05, 0.1) is 28.4 Å². The summed E-state index contributed by atoms with van der Waals surface area (Å²) in [4.78, 5) is 0. The molecular weight excluding hydrogens is 400 g/mol. The summed E-state index contributed by atoms with van der Waals surface area (Å²) in [6.07, 6.45) is 0. The van der Waals surface area contributed by atoms with Crippen LogP contribution in [-0.2, 0) is 10.8 Å². The van der Waals surface area contributed by atoms with Gasteiger partial charge in [-0.25, -0.2) is 0 Å². The van der Waals surface area contributed by atoms with E-state index in [2.05, 4.69) is 113 Å². The van der Waals surface area contributed by atoms with Gasteiger partial charge in [-0.15, -0.1) is 0 Å². The van der Waals surface area contributed by atoms with Crippen molar-refractivity contribution in [2.45, 2.75) is 52.4 Å². The normalized spacial score (nSPS) is 12.5. The second kappa shape index (κ2) is 7.22. The van der Waals surface area contributed by atoms with E-state index in [1.54, 1.807) is 0 Å².